The van der Waals surface area contributed by atoms with Crippen molar-refractivity contribution in [1.29, 1.82) is 0 Å². The first kappa shape index (κ1) is 15.6. The maximum atomic E-state index is 10.9. The standard InChI is InChI=1S/C14H11BrClNO4/c1-20-12-5-4-11(17(18)19)7-14(12)21-13-6-10(15)3-2-9(13)8-16/h2-7H,8H2,1H3. The summed E-state index contributed by atoms with van der Waals surface area (Å²) in [5.74, 6) is 1.44. The molecule has 0 N–H and O–H groups in total. The van der Waals surface area contributed by atoms with E-state index in [1.807, 2.05) is 12.1 Å². The van der Waals surface area contributed by atoms with Crippen LogP contribution < -0.4 is 9.47 Å². The third-order valence-electron chi connectivity index (χ3n) is 2.75. The SMILES string of the molecule is COc1ccc([N+](=O)[O-])cc1Oc1cc(Br)ccc1CCl. The molecule has 0 amide bonds. The van der Waals surface area contributed by atoms with Crippen LogP contribution in [0.1, 0.15) is 5.56 Å². The predicted molar refractivity (Wildman–Crippen MR) is 83.4 cm³/mol. The number of hydrogen-bond donors (Lipinski definition) is 0. The number of ether oxygens (including phenoxy) is 2. The van der Waals surface area contributed by atoms with Crippen molar-refractivity contribution in [3.63, 3.8) is 0 Å². The fraction of sp³-hybridized carbons (Fsp3) is 0.143. The van der Waals surface area contributed by atoms with Gasteiger partial charge in [-0.15, -0.1) is 11.6 Å². The summed E-state index contributed by atoms with van der Waals surface area (Å²) < 4.78 is 11.7. The van der Waals surface area contributed by atoms with E-state index in [-0.39, 0.29) is 17.3 Å². The van der Waals surface area contributed by atoms with Crippen molar-refractivity contribution in [2.75, 3.05) is 7.11 Å². The Morgan fingerprint density at radius 2 is 1.95 bits per heavy atom. The fourth-order valence-corrected chi connectivity index (χ4v) is 2.27. The molecular weight excluding hydrogens is 362 g/mol. The number of alkyl halides is 1. The number of benzene rings is 2. The van der Waals surface area contributed by atoms with E-state index in [0.29, 0.717) is 11.5 Å². The van der Waals surface area contributed by atoms with Crippen LogP contribution in [0.2, 0.25) is 0 Å². The van der Waals surface area contributed by atoms with Crippen LogP contribution >= 0.6 is 27.5 Å². The predicted octanol–water partition coefficient (Wildman–Crippen LogP) is 4.90. The summed E-state index contributed by atoms with van der Waals surface area (Å²) >= 11 is 9.22. The summed E-state index contributed by atoms with van der Waals surface area (Å²) in [6, 6.07) is 9.57. The van der Waals surface area contributed by atoms with Gasteiger partial charge in [-0.3, -0.25) is 10.1 Å². The summed E-state index contributed by atoms with van der Waals surface area (Å²) in [6.07, 6.45) is 0. The lowest BCUT2D eigenvalue weighted by Crippen LogP contribution is -1.95. The molecule has 0 aliphatic rings. The minimum Gasteiger partial charge on any atom is -0.493 e. The van der Waals surface area contributed by atoms with Gasteiger partial charge in [-0.25, -0.2) is 0 Å². The molecule has 5 nitrogen and oxygen atoms in total. The van der Waals surface area contributed by atoms with Gasteiger partial charge >= 0.3 is 0 Å². The second kappa shape index (κ2) is 6.78. The van der Waals surface area contributed by atoms with E-state index in [4.69, 9.17) is 21.1 Å². The number of nitro benzene ring substituents is 1. The topological polar surface area (TPSA) is 61.6 Å². The molecule has 0 aromatic heterocycles. The molecule has 21 heavy (non-hydrogen) atoms. The molecule has 0 bridgehead atoms. The summed E-state index contributed by atoms with van der Waals surface area (Å²) in [5, 5.41) is 10.9. The van der Waals surface area contributed by atoms with Gasteiger partial charge in [0.25, 0.3) is 5.69 Å². The second-order valence-electron chi connectivity index (χ2n) is 4.08. The molecule has 0 saturated heterocycles. The Morgan fingerprint density at radius 1 is 1.19 bits per heavy atom. The molecule has 7 heteroatoms. The first-order valence-electron chi connectivity index (χ1n) is 5.90. The molecule has 0 aliphatic carbocycles. The van der Waals surface area contributed by atoms with Gasteiger partial charge in [0.05, 0.1) is 24.0 Å². The van der Waals surface area contributed by atoms with Crippen LogP contribution in [0.5, 0.6) is 17.2 Å². The number of hydrogen-bond acceptors (Lipinski definition) is 4. The molecule has 0 saturated carbocycles. The van der Waals surface area contributed by atoms with Crippen molar-refractivity contribution < 1.29 is 14.4 Å². The van der Waals surface area contributed by atoms with Gasteiger partial charge in [0.1, 0.15) is 5.75 Å². The van der Waals surface area contributed by atoms with Gasteiger partial charge < -0.3 is 9.47 Å². The third kappa shape index (κ3) is 3.65. The van der Waals surface area contributed by atoms with Gasteiger partial charge in [0.15, 0.2) is 11.5 Å². The van der Waals surface area contributed by atoms with E-state index in [1.165, 1.54) is 25.3 Å². The van der Waals surface area contributed by atoms with Crippen molar-refractivity contribution in [2.24, 2.45) is 0 Å². The van der Waals surface area contributed by atoms with Crippen LogP contribution in [0.3, 0.4) is 0 Å². The monoisotopic (exact) mass is 371 g/mol. The van der Waals surface area contributed by atoms with Crippen LogP contribution in [0.4, 0.5) is 5.69 Å². The molecule has 0 radical (unpaired) electrons. The average molecular weight is 373 g/mol. The van der Waals surface area contributed by atoms with Gasteiger partial charge in [0, 0.05) is 16.1 Å². The Morgan fingerprint density at radius 3 is 2.57 bits per heavy atom. The molecule has 2 aromatic rings. The summed E-state index contributed by atoms with van der Waals surface area (Å²) in [7, 11) is 1.47. The maximum absolute atomic E-state index is 10.9. The smallest absolute Gasteiger partial charge is 0.273 e. The van der Waals surface area contributed by atoms with Crippen LogP contribution in [0.15, 0.2) is 40.9 Å². The Kier molecular flexibility index (Phi) is 5.03. The summed E-state index contributed by atoms with van der Waals surface area (Å²) in [6.45, 7) is 0. The Balaban J connectivity index is 2.44. The quantitative estimate of drug-likeness (QED) is 0.425. The average Bonchev–Trinajstić information content (AvgIpc) is 2.47. The van der Waals surface area contributed by atoms with Crippen molar-refractivity contribution in [1.82, 2.24) is 0 Å². The van der Waals surface area contributed by atoms with E-state index in [2.05, 4.69) is 15.9 Å². The fourth-order valence-electron chi connectivity index (χ4n) is 1.71. The minimum atomic E-state index is -0.490. The van der Waals surface area contributed by atoms with Gasteiger partial charge in [-0.05, 0) is 18.2 Å². The van der Waals surface area contributed by atoms with Crippen molar-refractivity contribution >= 4 is 33.2 Å². The number of halogens is 2. The first-order valence-corrected chi connectivity index (χ1v) is 7.22. The van der Waals surface area contributed by atoms with Crippen LogP contribution in [-0.4, -0.2) is 12.0 Å². The van der Waals surface area contributed by atoms with Crippen molar-refractivity contribution in [2.45, 2.75) is 5.88 Å². The van der Waals surface area contributed by atoms with Crippen LogP contribution in [0.25, 0.3) is 0 Å². The maximum Gasteiger partial charge on any atom is 0.273 e. The van der Waals surface area contributed by atoms with E-state index >= 15 is 0 Å². The first-order chi connectivity index (χ1) is 10.0. The number of rotatable bonds is 5. The molecule has 0 spiro atoms. The lowest BCUT2D eigenvalue weighted by molar-refractivity contribution is -0.384. The second-order valence-corrected chi connectivity index (χ2v) is 5.26. The van der Waals surface area contributed by atoms with Gasteiger partial charge in [-0.1, -0.05) is 22.0 Å². The van der Waals surface area contributed by atoms with Gasteiger partial charge in [0.2, 0.25) is 0 Å². The molecule has 2 aromatic carbocycles. The number of methoxy groups -OCH3 is 1. The molecule has 0 atom stereocenters. The van der Waals surface area contributed by atoms with Gasteiger partial charge in [-0.2, -0.15) is 0 Å². The van der Waals surface area contributed by atoms with E-state index < -0.39 is 4.92 Å². The molecular formula is C14H11BrClNO4. The van der Waals surface area contributed by atoms with E-state index in [9.17, 15) is 10.1 Å². The Labute approximate surface area is 134 Å². The largest absolute Gasteiger partial charge is 0.493 e. The Hall–Kier alpha value is -1.79. The number of non-ortho nitro benzene ring substituents is 1. The lowest BCUT2D eigenvalue weighted by atomic mass is 10.2. The summed E-state index contributed by atoms with van der Waals surface area (Å²) in [4.78, 5) is 10.4. The molecule has 0 unspecified atom stereocenters. The molecule has 110 valence electrons. The molecule has 2 rings (SSSR count). The zero-order valence-corrected chi connectivity index (χ0v) is 13.3. The highest BCUT2D eigenvalue weighted by Gasteiger charge is 2.15. The lowest BCUT2D eigenvalue weighted by Gasteiger charge is -2.13. The van der Waals surface area contributed by atoms with E-state index in [0.717, 1.165) is 10.0 Å². The number of nitrogens with zero attached hydrogens (tertiary/aromatic N) is 1. The third-order valence-corrected chi connectivity index (χ3v) is 3.53. The highest BCUT2D eigenvalue weighted by molar-refractivity contribution is 9.10. The molecule has 0 heterocycles. The number of nitro groups is 1. The normalized spacial score (nSPS) is 10.2. The molecule has 0 aliphatic heterocycles. The highest BCUT2D eigenvalue weighted by atomic mass is 79.9. The molecule has 0 fully saturated rings. The van der Waals surface area contributed by atoms with Crippen molar-refractivity contribution in [3.8, 4) is 17.2 Å². The Bertz CT molecular complexity index is 678. The minimum absolute atomic E-state index is 0.0757. The summed E-state index contributed by atoms with van der Waals surface area (Å²) in [5.41, 5.74) is 0.696. The van der Waals surface area contributed by atoms with Crippen molar-refractivity contribution in [3.05, 3.63) is 56.5 Å². The zero-order chi connectivity index (χ0) is 15.4. The highest BCUT2D eigenvalue weighted by Crippen LogP contribution is 2.37. The zero-order valence-electron chi connectivity index (χ0n) is 11.0. The van der Waals surface area contributed by atoms with Crippen LogP contribution in [-0.2, 0) is 5.88 Å². The van der Waals surface area contributed by atoms with Crippen LogP contribution in [0, 0.1) is 10.1 Å². The van der Waals surface area contributed by atoms with E-state index in [1.54, 1.807) is 6.07 Å².